The summed E-state index contributed by atoms with van der Waals surface area (Å²) in [5.41, 5.74) is 7.07. The monoisotopic (exact) mass is 265 g/mol. The molecule has 0 aliphatic carbocycles. The minimum Gasteiger partial charge on any atom is -0.389 e. The van der Waals surface area contributed by atoms with E-state index in [1.165, 1.54) is 12.3 Å². The number of pyridine rings is 1. The highest BCUT2D eigenvalue weighted by molar-refractivity contribution is 7.80. The molecule has 0 atom stereocenters. The number of benzene rings is 1. The summed E-state index contributed by atoms with van der Waals surface area (Å²) in [5.74, 6) is -1.83. The van der Waals surface area contributed by atoms with Crippen molar-refractivity contribution in [3.05, 3.63) is 53.9 Å². The molecule has 0 saturated carbocycles. The van der Waals surface area contributed by atoms with Gasteiger partial charge < -0.3 is 11.1 Å². The van der Waals surface area contributed by atoms with Crippen LogP contribution in [0.25, 0.3) is 0 Å². The predicted molar refractivity (Wildman–Crippen MR) is 69.8 cm³/mol. The summed E-state index contributed by atoms with van der Waals surface area (Å²) in [4.78, 5) is 4.12. The summed E-state index contributed by atoms with van der Waals surface area (Å²) in [7, 11) is 0. The highest BCUT2D eigenvalue weighted by atomic mass is 32.1. The minimum absolute atomic E-state index is 0.197. The summed E-state index contributed by atoms with van der Waals surface area (Å²) in [5, 5.41) is 2.89. The molecule has 18 heavy (non-hydrogen) atoms. The Hall–Kier alpha value is -2.08. The number of nitrogens with zero attached hydrogens (tertiary/aromatic N) is 1. The second-order valence-electron chi connectivity index (χ2n) is 3.54. The van der Waals surface area contributed by atoms with Gasteiger partial charge in [-0.2, -0.15) is 0 Å². The van der Waals surface area contributed by atoms with E-state index >= 15 is 0 Å². The van der Waals surface area contributed by atoms with Crippen molar-refractivity contribution in [1.29, 1.82) is 0 Å². The summed E-state index contributed by atoms with van der Waals surface area (Å²) in [6.45, 7) is 0. The topological polar surface area (TPSA) is 50.9 Å². The SMILES string of the molecule is NC(=S)c1ccncc1Nc1ccc(F)c(F)c1. The van der Waals surface area contributed by atoms with Crippen LogP contribution in [0.3, 0.4) is 0 Å². The van der Waals surface area contributed by atoms with E-state index < -0.39 is 11.6 Å². The van der Waals surface area contributed by atoms with Crippen molar-refractivity contribution >= 4 is 28.6 Å². The Bertz CT molecular complexity index is 602. The quantitative estimate of drug-likeness (QED) is 0.838. The normalized spacial score (nSPS) is 10.1. The first-order valence-corrected chi connectivity index (χ1v) is 5.44. The van der Waals surface area contributed by atoms with Crippen LogP contribution in [0.2, 0.25) is 0 Å². The maximum Gasteiger partial charge on any atom is 0.160 e. The first-order valence-electron chi connectivity index (χ1n) is 5.04. The van der Waals surface area contributed by atoms with Gasteiger partial charge in [-0.15, -0.1) is 0 Å². The molecule has 0 amide bonds. The summed E-state index contributed by atoms with van der Waals surface area (Å²) >= 11 is 4.89. The molecule has 1 heterocycles. The zero-order valence-electron chi connectivity index (χ0n) is 9.15. The van der Waals surface area contributed by atoms with E-state index in [4.69, 9.17) is 18.0 Å². The lowest BCUT2D eigenvalue weighted by Gasteiger charge is -2.10. The number of nitrogens with two attached hydrogens (primary N) is 1. The van der Waals surface area contributed by atoms with Crippen LogP contribution in [-0.2, 0) is 0 Å². The van der Waals surface area contributed by atoms with Gasteiger partial charge in [0, 0.05) is 23.5 Å². The van der Waals surface area contributed by atoms with Crippen LogP contribution in [0.5, 0.6) is 0 Å². The van der Waals surface area contributed by atoms with Crippen molar-refractivity contribution in [1.82, 2.24) is 4.98 Å². The molecular formula is C12H9F2N3S. The molecule has 0 bridgehead atoms. The molecule has 0 aliphatic rings. The summed E-state index contributed by atoms with van der Waals surface area (Å²) < 4.78 is 25.8. The maximum absolute atomic E-state index is 13.1. The second kappa shape index (κ2) is 5.05. The van der Waals surface area contributed by atoms with Gasteiger partial charge in [0.1, 0.15) is 4.99 Å². The standard InChI is InChI=1S/C12H9F2N3S/c13-9-2-1-7(5-10(9)14)17-11-6-16-4-3-8(11)12(15)18/h1-6,17H,(H2,15,18). The van der Waals surface area contributed by atoms with E-state index in [-0.39, 0.29) is 4.99 Å². The van der Waals surface area contributed by atoms with Crippen LogP contribution in [-0.4, -0.2) is 9.97 Å². The van der Waals surface area contributed by atoms with Gasteiger partial charge >= 0.3 is 0 Å². The van der Waals surface area contributed by atoms with Gasteiger partial charge in [0.15, 0.2) is 11.6 Å². The van der Waals surface area contributed by atoms with Gasteiger partial charge in [0.2, 0.25) is 0 Å². The van der Waals surface area contributed by atoms with Crippen LogP contribution >= 0.6 is 12.2 Å². The zero-order valence-corrected chi connectivity index (χ0v) is 9.97. The highest BCUT2D eigenvalue weighted by Gasteiger charge is 2.07. The van der Waals surface area contributed by atoms with E-state index in [0.717, 1.165) is 12.1 Å². The number of halogens is 2. The smallest absolute Gasteiger partial charge is 0.160 e. The first kappa shape index (κ1) is 12.4. The van der Waals surface area contributed by atoms with Crippen molar-refractivity contribution in [3.8, 4) is 0 Å². The Balaban J connectivity index is 2.34. The molecule has 0 fully saturated rings. The third-order valence-electron chi connectivity index (χ3n) is 2.29. The van der Waals surface area contributed by atoms with E-state index in [2.05, 4.69) is 10.3 Å². The molecule has 1 aromatic carbocycles. The lowest BCUT2D eigenvalue weighted by molar-refractivity contribution is 0.509. The Morgan fingerprint density at radius 3 is 2.67 bits per heavy atom. The lowest BCUT2D eigenvalue weighted by Crippen LogP contribution is -2.12. The number of nitrogens with one attached hydrogen (secondary N) is 1. The van der Waals surface area contributed by atoms with Gasteiger partial charge in [0.05, 0.1) is 11.9 Å². The number of anilines is 2. The molecular weight excluding hydrogens is 256 g/mol. The molecule has 92 valence electrons. The van der Waals surface area contributed by atoms with Gasteiger partial charge in [-0.1, -0.05) is 12.2 Å². The first-order chi connectivity index (χ1) is 8.58. The zero-order chi connectivity index (χ0) is 13.1. The predicted octanol–water partition coefficient (Wildman–Crippen LogP) is 2.74. The molecule has 0 spiro atoms. The fourth-order valence-corrected chi connectivity index (χ4v) is 1.62. The number of hydrogen-bond acceptors (Lipinski definition) is 3. The van der Waals surface area contributed by atoms with Crippen molar-refractivity contribution in [2.45, 2.75) is 0 Å². The maximum atomic E-state index is 13.1. The van der Waals surface area contributed by atoms with Gasteiger partial charge in [0.25, 0.3) is 0 Å². The van der Waals surface area contributed by atoms with Crippen molar-refractivity contribution < 1.29 is 8.78 Å². The van der Waals surface area contributed by atoms with Crippen molar-refractivity contribution in [2.75, 3.05) is 5.32 Å². The Labute approximate surface area is 108 Å². The molecule has 0 saturated heterocycles. The average molecular weight is 265 g/mol. The van der Waals surface area contributed by atoms with Crippen LogP contribution in [0, 0.1) is 11.6 Å². The highest BCUT2D eigenvalue weighted by Crippen LogP contribution is 2.21. The average Bonchev–Trinajstić information content (AvgIpc) is 2.34. The minimum atomic E-state index is -0.930. The molecule has 0 unspecified atom stereocenters. The molecule has 0 aliphatic heterocycles. The Kier molecular flexibility index (Phi) is 3.47. The van der Waals surface area contributed by atoms with Crippen molar-refractivity contribution in [3.63, 3.8) is 0 Å². The van der Waals surface area contributed by atoms with Gasteiger partial charge in [-0.05, 0) is 18.2 Å². The van der Waals surface area contributed by atoms with E-state index in [1.807, 2.05) is 0 Å². The van der Waals surface area contributed by atoms with E-state index in [0.29, 0.717) is 16.9 Å². The number of thiocarbonyl (C=S) groups is 1. The largest absolute Gasteiger partial charge is 0.389 e. The van der Waals surface area contributed by atoms with Crippen molar-refractivity contribution in [2.24, 2.45) is 5.73 Å². The number of aromatic nitrogens is 1. The molecule has 3 N–H and O–H groups in total. The number of hydrogen-bond donors (Lipinski definition) is 2. The third-order valence-corrected chi connectivity index (χ3v) is 2.51. The van der Waals surface area contributed by atoms with Crippen LogP contribution in [0.15, 0.2) is 36.7 Å². The molecule has 6 heteroatoms. The molecule has 3 nitrogen and oxygen atoms in total. The van der Waals surface area contributed by atoms with Gasteiger partial charge in [-0.3, -0.25) is 4.98 Å². The van der Waals surface area contributed by atoms with E-state index in [9.17, 15) is 8.78 Å². The summed E-state index contributed by atoms with van der Waals surface area (Å²) in [6.07, 6.45) is 3.06. The fourth-order valence-electron chi connectivity index (χ4n) is 1.44. The number of rotatable bonds is 3. The van der Waals surface area contributed by atoms with Crippen LogP contribution in [0.1, 0.15) is 5.56 Å². The molecule has 0 radical (unpaired) electrons. The molecule has 1 aromatic heterocycles. The Morgan fingerprint density at radius 2 is 2.00 bits per heavy atom. The van der Waals surface area contributed by atoms with Crippen LogP contribution in [0.4, 0.5) is 20.2 Å². The second-order valence-corrected chi connectivity index (χ2v) is 3.98. The van der Waals surface area contributed by atoms with Gasteiger partial charge in [-0.25, -0.2) is 8.78 Å². The lowest BCUT2D eigenvalue weighted by atomic mass is 10.2. The van der Waals surface area contributed by atoms with E-state index in [1.54, 1.807) is 12.3 Å². The third kappa shape index (κ3) is 2.60. The molecule has 2 aromatic rings. The summed E-state index contributed by atoms with van der Waals surface area (Å²) in [6, 6.07) is 5.14. The fraction of sp³-hybridized carbons (Fsp3) is 0. The molecule has 2 rings (SSSR count). The Morgan fingerprint density at radius 1 is 1.22 bits per heavy atom. The van der Waals surface area contributed by atoms with Crippen LogP contribution < -0.4 is 11.1 Å².